The Morgan fingerprint density at radius 1 is 0.434 bits per heavy atom. The molecule has 3 nitrogen and oxygen atoms in total. The first kappa shape index (κ1) is 30.9. The van der Waals surface area contributed by atoms with Gasteiger partial charge in [0.05, 0.1) is 12.5 Å². The van der Waals surface area contributed by atoms with Crippen molar-refractivity contribution in [3.63, 3.8) is 0 Å². The van der Waals surface area contributed by atoms with Crippen molar-refractivity contribution < 1.29 is 9.15 Å². The predicted octanol–water partition coefficient (Wildman–Crippen LogP) is 13.1. The fraction of sp³-hybridized carbons (Fsp3) is 0.0400. The molecule has 0 N–H and O–H groups in total. The zero-order valence-electron chi connectivity index (χ0n) is 29.2. The normalized spacial score (nSPS) is 12.8. The van der Waals surface area contributed by atoms with Gasteiger partial charge in [0.2, 0.25) is 0 Å². The molecule has 8 aromatic carbocycles. The molecule has 1 aliphatic rings. The maximum absolute atomic E-state index is 6.39. The minimum atomic E-state index is -0.447. The molecule has 1 aromatic heterocycles. The van der Waals surface area contributed by atoms with Crippen molar-refractivity contribution in [3.8, 4) is 28.0 Å². The molecule has 0 radical (unpaired) electrons. The van der Waals surface area contributed by atoms with Crippen LogP contribution in [0.3, 0.4) is 0 Å². The van der Waals surface area contributed by atoms with Crippen LogP contribution < -0.4 is 9.64 Å². The van der Waals surface area contributed by atoms with Gasteiger partial charge >= 0.3 is 0 Å². The lowest BCUT2D eigenvalue weighted by Gasteiger charge is -2.34. The van der Waals surface area contributed by atoms with E-state index < -0.39 is 5.41 Å². The summed E-state index contributed by atoms with van der Waals surface area (Å²) in [5, 5.41) is 2.26. The van der Waals surface area contributed by atoms with E-state index in [2.05, 4.69) is 175 Å². The summed E-state index contributed by atoms with van der Waals surface area (Å²) in [5.41, 5.74) is 14.4. The SMILES string of the molecule is COc1ccc(N(c2ccc(-c3cccc4c3oc3ccccc34)cc2)c2ccc(C3(c4ccccc4)c4ccccc4-c4ccccc43)cc2)cc1. The molecule has 53 heavy (non-hydrogen) atoms. The smallest absolute Gasteiger partial charge is 0.143 e. The van der Waals surface area contributed by atoms with Crippen LogP contribution in [0.1, 0.15) is 22.3 Å². The zero-order chi connectivity index (χ0) is 35.4. The van der Waals surface area contributed by atoms with Gasteiger partial charge in [-0.05, 0) is 93.5 Å². The minimum absolute atomic E-state index is 0.447. The second-order valence-electron chi connectivity index (χ2n) is 13.6. The molecular weight excluding hydrogens is 647 g/mol. The molecule has 0 aliphatic heterocycles. The summed E-state index contributed by atoms with van der Waals surface area (Å²) in [7, 11) is 1.70. The summed E-state index contributed by atoms with van der Waals surface area (Å²) < 4.78 is 11.9. The topological polar surface area (TPSA) is 25.6 Å². The Morgan fingerprint density at radius 2 is 0.943 bits per heavy atom. The van der Waals surface area contributed by atoms with E-state index in [-0.39, 0.29) is 0 Å². The van der Waals surface area contributed by atoms with Crippen LogP contribution in [0.5, 0.6) is 5.75 Å². The summed E-state index contributed by atoms with van der Waals surface area (Å²) in [6.07, 6.45) is 0. The summed E-state index contributed by atoms with van der Waals surface area (Å²) in [6, 6.07) is 69.5. The Morgan fingerprint density at radius 3 is 1.60 bits per heavy atom. The Kier molecular flexibility index (Phi) is 7.26. The van der Waals surface area contributed by atoms with E-state index in [1.54, 1.807) is 7.11 Å². The lowest BCUT2D eigenvalue weighted by atomic mass is 9.68. The number of anilines is 3. The van der Waals surface area contributed by atoms with Gasteiger partial charge in [-0.2, -0.15) is 0 Å². The minimum Gasteiger partial charge on any atom is -0.497 e. The number of fused-ring (bicyclic) bond motifs is 6. The number of furan rings is 1. The van der Waals surface area contributed by atoms with Crippen LogP contribution in [0, 0.1) is 0 Å². The Bertz CT molecular complexity index is 2700. The number of benzene rings is 8. The highest BCUT2D eigenvalue weighted by Crippen LogP contribution is 2.56. The molecule has 252 valence electrons. The van der Waals surface area contributed by atoms with Crippen LogP contribution in [0.4, 0.5) is 17.1 Å². The van der Waals surface area contributed by atoms with Gasteiger partial charge in [-0.3, -0.25) is 0 Å². The first-order valence-corrected chi connectivity index (χ1v) is 18.0. The quantitative estimate of drug-likeness (QED) is 0.167. The van der Waals surface area contributed by atoms with Gasteiger partial charge in [0.1, 0.15) is 16.9 Å². The first-order valence-electron chi connectivity index (χ1n) is 18.0. The van der Waals surface area contributed by atoms with Crippen molar-refractivity contribution in [2.75, 3.05) is 12.0 Å². The number of rotatable bonds is 7. The first-order chi connectivity index (χ1) is 26.2. The Balaban J connectivity index is 1.10. The standard InChI is InChI=1S/C50H35NO2/c1-52-40-32-30-39(31-33-40)51(37-26-22-34(23-27-37)41-17-11-18-45-44-16-7-10-21-48(44)53-49(41)45)38-28-24-36(25-29-38)50(35-12-3-2-4-13-35)46-19-8-5-14-42(46)43-15-6-9-20-47(43)50/h2-33H,1H3. The summed E-state index contributed by atoms with van der Waals surface area (Å²) in [4.78, 5) is 2.31. The lowest BCUT2D eigenvalue weighted by Crippen LogP contribution is -2.28. The van der Waals surface area contributed by atoms with E-state index >= 15 is 0 Å². The Hall–Kier alpha value is -6.84. The fourth-order valence-electron chi connectivity index (χ4n) is 8.52. The maximum atomic E-state index is 6.39. The van der Waals surface area contributed by atoms with E-state index in [9.17, 15) is 0 Å². The highest BCUT2D eigenvalue weighted by atomic mass is 16.5. The van der Waals surface area contributed by atoms with E-state index in [4.69, 9.17) is 9.15 Å². The summed E-state index contributed by atoms with van der Waals surface area (Å²) in [6.45, 7) is 0. The van der Waals surface area contributed by atoms with Gasteiger partial charge in [0.25, 0.3) is 0 Å². The predicted molar refractivity (Wildman–Crippen MR) is 218 cm³/mol. The summed E-state index contributed by atoms with van der Waals surface area (Å²) >= 11 is 0. The van der Waals surface area contributed by atoms with Gasteiger partial charge in [0, 0.05) is 33.4 Å². The average Bonchev–Trinajstić information content (AvgIpc) is 3.76. The molecule has 9 aromatic rings. The van der Waals surface area contributed by atoms with Crippen LogP contribution in [0.2, 0.25) is 0 Å². The van der Waals surface area contributed by atoms with E-state index in [0.29, 0.717) is 0 Å². The van der Waals surface area contributed by atoms with Crippen molar-refractivity contribution in [2.45, 2.75) is 5.41 Å². The number of hydrogen-bond acceptors (Lipinski definition) is 3. The molecule has 0 fully saturated rings. The van der Waals surface area contributed by atoms with Crippen molar-refractivity contribution in [1.29, 1.82) is 0 Å². The zero-order valence-corrected chi connectivity index (χ0v) is 29.2. The largest absolute Gasteiger partial charge is 0.497 e. The molecule has 0 saturated heterocycles. The highest BCUT2D eigenvalue weighted by Gasteiger charge is 2.45. The number of ether oxygens (including phenoxy) is 1. The van der Waals surface area contributed by atoms with Gasteiger partial charge in [0.15, 0.2) is 0 Å². The molecule has 0 amide bonds. The maximum Gasteiger partial charge on any atom is 0.143 e. The fourth-order valence-corrected chi connectivity index (χ4v) is 8.52. The van der Waals surface area contributed by atoms with Crippen LogP contribution in [0.25, 0.3) is 44.2 Å². The molecule has 0 saturated carbocycles. The molecule has 3 heteroatoms. The number of methoxy groups -OCH3 is 1. The molecule has 0 atom stereocenters. The molecule has 0 spiro atoms. The van der Waals surface area contributed by atoms with Gasteiger partial charge in [-0.25, -0.2) is 0 Å². The van der Waals surface area contributed by atoms with E-state index in [1.807, 2.05) is 24.3 Å². The molecule has 0 bridgehead atoms. The van der Waals surface area contributed by atoms with Crippen molar-refractivity contribution in [2.24, 2.45) is 0 Å². The van der Waals surface area contributed by atoms with Gasteiger partial charge in [-0.15, -0.1) is 0 Å². The van der Waals surface area contributed by atoms with Gasteiger partial charge in [-0.1, -0.05) is 140 Å². The molecule has 0 unspecified atom stereocenters. The van der Waals surface area contributed by atoms with Crippen molar-refractivity contribution in [3.05, 3.63) is 216 Å². The van der Waals surface area contributed by atoms with Crippen LogP contribution in [-0.2, 0) is 5.41 Å². The second-order valence-corrected chi connectivity index (χ2v) is 13.6. The average molecular weight is 682 g/mol. The van der Waals surface area contributed by atoms with Gasteiger partial charge < -0.3 is 14.1 Å². The van der Waals surface area contributed by atoms with E-state index in [1.165, 1.54) is 33.4 Å². The molecule has 1 aliphatic carbocycles. The second kappa shape index (κ2) is 12.4. The molecule has 1 heterocycles. The number of nitrogens with zero attached hydrogens (tertiary/aromatic N) is 1. The third kappa shape index (κ3) is 4.82. The summed E-state index contributed by atoms with van der Waals surface area (Å²) in [5.74, 6) is 0.821. The lowest BCUT2D eigenvalue weighted by molar-refractivity contribution is 0.415. The van der Waals surface area contributed by atoms with Crippen LogP contribution in [-0.4, -0.2) is 7.11 Å². The third-order valence-electron chi connectivity index (χ3n) is 10.9. The third-order valence-corrected chi connectivity index (χ3v) is 10.9. The Labute approximate surface area is 309 Å². The number of para-hydroxylation sites is 2. The number of hydrogen-bond donors (Lipinski definition) is 0. The monoisotopic (exact) mass is 681 g/mol. The molecular formula is C50H35NO2. The molecule has 10 rings (SSSR count). The van der Waals surface area contributed by atoms with Crippen molar-refractivity contribution >= 4 is 39.0 Å². The van der Waals surface area contributed by atoms with Crippen molar-refractivity contribution in [1.82, 2.24) is 0 Å². The van der Waals surface area contributed by atoms with E-state index in [0.717, 1.165) is 55.9 Å². The van der Waals surface area contributed by atoms with Crippen LogP contribution >= 0.6 is 0 Å². The highest BCUT2D eigenvalue weighted by molar-refractivity contribution is 6.09. The van der Waals surface area contributed by atoms with Crippen LogP contribution in [0.15, 0.2) is 199 Å².